The first kappa shape index (κ1) is 19.5. The Morgan fingerprint density at radius 3 is 2.26 bits per heavy atom. The number of amides is 2. The van der Waals surface area contributed by atoms with Crippen LogP contribution in [0.15, 0.2) is 65.8 Å². The lowest BCUT2D eigenvalue weighted by atomic mass is 9.63. The van der Waals surface area contributed by atoms with Crippen LogP contribution < -0.4 is 9.47 Å². The fraction of sp³-hybridized carbons (Fsp3) is 0.320. The van der Waals surface area contributed by atoms with Crippen molar-refractivity contribution >= 4 is 18.0 Å². The van der Waals surface area contributed by atoms with E-state index in [1.807, 2.05) is 36.4 Å². The van der Waals surface area contributed by atoms with Crippen molar-refractivity contribution < 1.29 is 19.1 Å². The molecule has 6 heteroatoms. The number of imide groups is 1. The van der Waals surface area contributed by atoms with Crippen molar-refractivity contribution in [3.63, 3.8) is 0 Å². The van der Waals surface area contributed by atoms with Crippen LogP contribution in [0.4, 0.5) is 0 Å². The number of nitrogens with zero attached hydrogens (tertiary/aromatic N) is 2. The maximum Gasteiger partial charge on any atom is 0.254 e. The van der Waals surface area contributed by atoms with E-state index in [-0.39, 0.29) is 35.5 Å². The maximum absolute atomic E-state index is 12.9. The van der Waals surface area contributed by atoms with Crippen molar-refractivity contribution in [2.75, 3.05) is 7.11 Å². The molecule has 0 aromatic heterocycles. The van der Waals surface area contributed by atoms with Gasteiger partial charge in [-0.1, -0.05) is 42.5 Å². The average Bonchev–Trinajstić information content (AvgIpc) is 3.09. The second kappa shape index (κ2) is 8.02. The molecule has 2 amide bonds. The molecule has 3 aliphatic carbocycles. The first-order valence-electron chi connectivity index (χ1n) is 10.6. The van der Waals surface area contributed by atoms with E-state index in [1.165, 1.54) is 6.21 Å². The monoisotopic (exact) mass is 416 g/mol. The van der Waals surface area contributed by atoms with E-state index in [2.05, 4.69) is 17.3 Å². The molecule has 6 nitrogen and oxygen atoms in total. The van der Waals surface area contributed by atoms with Gasteiger partial charge in [0.2, 0.25) is 0 Å². The molecule has 2 fully saturated rings. The van der Waals surface area contributed by atoms with Gasteiger partial charge in [0.25, 0.3) is 11.8 Å². The molecule has 4 atom stereocenters. The second-order valence-corrected chi connectivity index (χ2v) is 8.26. The molecule has 2 aromatic carbocycles. The number of methoxy groups -OCH3 is 1. The van der Waals surface area contributed by atoms with Crippen LogP contribution in [-0.4, -0.2) is 30.1 Å². The summed E-state index contributed by atoms with van der Waals surface area (Å²) >= 11 is 0. The van der Waals surface area contributed by atoms with Gasteiger partial charge in [0.05, 0.1) is 25.2 Å². The number of hydrogen-bond acceptors (Lipinski definition) is 5. The van der Waals surface area contributed by atoms with Gasteiger partial charge in [0, 0.05) is 0 Å². The van der Waals surface area contributed by atoms with Gasteiger partial charge in [0.15, 0.2) is 11.5 Å². The van der Waals surface area contributed by atoms with Crippen molar-refractivity contribution in [1.82, 2.24) is 5.01 Å². The lowest BCUT2D eigenvalue weighted by Crippen LogP contribution is -2.38. The van der Waals surface area contributed by atoms with Gasteiger partial charge in [-0.05, 0) is 54.0 Å². The molecule has 0 unspecified atom stereocenters. The Labute approximate surface area is 181 Å². The number of rotatable bonds is 6. The van der Waals surface area contributed by atoms with Crippen LogP contribution in [0.1, 0.15) is 24.0 Å². The molecule has 0 radical (unpaired) electrons. The third-order valence-electron chi connectivity index (χ3n) is 6.48. The molecular formula is C25H24N2O4. The van der Waals surface area contributed by atoms with Gasteiger partial charge in [-0.3, -0.25) is 9.59 Å². The number of ether oxygens (including phenoxy) is 2. The highest BCUT2D eigenvalue weighted by atomic mass is 16.5. The van der Waals surface area contributed by atoms with Crippen LogP contribution in [0.2, 0.25) is 0 Å². The Bertz CT molecular complexity index is 1030. The van der Waals surface area contributed by atoms with Crippen molar-refractivity contribution in [2.45, 2.75) is 19.4 Å². The van der Waals surface area contributed by atoms with E-state index in [4.69, 9.17) is 9.47 Å². The number of fused-ring (bicyclic) bond motifs is 1. The zero-order chi connectivity index (χ0) is 21.4. The summed E-state index contributed by atoms with van der Waals surface area (Å²) < 4.78 is 11.3. The van der Waals surface area contributed by atoms with Gasteiger partial charge in [-0.2, -0.15) is 10.1 Å². The van der Waals surface area contributed by atoms with Gasteiger partial charge >= 0.3 is 0 Å². The summed E-state index contributed by atoms with van der Waals surface area (Å²) in [4.78, 5) is 25.7. The Balaban J connectivity index is 1.31. The standard InChI is InChI=1S/C25H24N2O4/c1-30-21-13-17(7-12-20(21)31-15-16-5-3-2-4-6-16)14-26-27-24(28)22-18-8-9-19(11-10-18)23(22)25(27)29/h2-9,12-14,18-19,22-23H,10-11,15H2,1H3/b26-14-/t18-,19+,22-,23+. The van der Waals surface area contributed by atoms with Crippen molar-refractivity contribution in [3.8, 4) is 11.5 Å². The zero-order valence-corrected chi connectivity index (χ0v) is 17.3. The Morgan fingerprint density at radius 2 is 1.65 bits per heavy atom. The van der Waals surface area contributed by atoms with E-state index >= 15 is 0 Å². The quantitative estimate of drug-likeness (QED) is 0.408. The Morgan fingerprint density at radius 1 is 0.968 bits per heavy atom. The highest BCUT2D eigenvalue weighted by Crippen LogP contribution is 2.49. The molecule has 2 aromatic rings. The van der Waals surface area contributed by atoms with E-state index in [1.54, 1.807) is 19.2 Å². The van der Waals surface area contributed by atoms with Crippen LogP contribution >= 0.6 is 0 Å². The largest absolute Gasteiger partial charge is 0.493 e. The summed E-state index contributed by atoms with van der Waals surface area (Å²) in [6, 6.07) is 15.3. The SMILES string of the molecule is COc1cc(/C=N\N2C(=O)[C@@H]3[C@H](C2=O)[C@@H]2C=C[C@H]3CC2)ccc1OCc1ccccc1. The maximum atomic E-state index is 12.9. The first-order valence-corrected chi connectivity index (χ1v) is 10.6. The average molecular weight is 416 g/mol. The molecule has 1 saturated heterocycles. The van der Waals surface area contributed by atoms with E-state index < -0.39 is 0 Å². The first-order chi connectivity index (χ1) is 15.2. The van der Waals surface area contributed by atoms with E-state index in [0.717, 1.165) is 29.0 Å². The van der Waals surface area contributed by atoms with E-state index in [0.29, 0.717) is 18.1 Å². The topological polar surface area (TPSA) is 68.2 Å². The summed E-state index contributed by atoms with van der Waals surface area (Å²) in [5.41, 5.74) is 1.78. The number of benzene rings is 2. The number of allylic oxidation sites excluding steroid dienone is 2. The molecule has 1 heterocycles. The predicted octanol–water partition coefficient (Wildman–Crippen LogP) is 3.81. The minimum Gasteiger partial charge on any atom is -0.493 e. The van der Waals surface area contributed by atoms with Crippen molar-refractivity contribution in [1.29, 1.82) is 0 Å². The summed E-state index contributed by atoms with van der Waals surface area (Å²) in [7, 11) is 1.58. The minimum absolute atomic E-state index is 0.160. The summed E-state index contributed by atoms with van der Waals surface area (Å²) in [6.07, 6.45) is 7.69. The molecule has 1 saturated carbocycles. The molecular weight excluding hydrogens is 392 g/mol. The predicted molar refractivity (Wildman–Crippen MR) is 116 cm³/mol. The third kappa shape index (κ3) is 3.52. The highest BCUT2D eigenvalue weighted by Gasteiger charge is 2.56. The minimum atomic E-state index is -0.253. The zero-order valence-electron chi connectivity index (χ0n) is 17.3. The number of hydrogen-bond donors (Lipinski definition) is 0. The second-order valence-electron chi connectivity index (χ2n) is 8.26. The van der Waals surface area contributed by atoms with Gasteiger partial charge in [0.1, 0.15) is 6.61 Å². The fourth-order valence-electron chi connectivity index (χ4n) is 4.92. The number of carbonyl (C=O) groups excluding carboxylic acids is 2. The molecule has 158 valence electrons. The smallest absolute Gasteiger partial charge is 0.254 e. The third-order valence-corrected chi connectivity index (χ3v) is 6.48. The Hall–Kier alpha value is -3.41. The van der Waals surface area contributed by atoms with Gasteiger partial charge in [-0.25, -0.2) is 0 Å². The van der Waals surface area contributed by atoms with Gasteiger partial charge in [-0.15, -0.1) is 0 Å². The molecule has 6 rings (SSSR count). The fourth-order valence-corrected chi connectivity index (χ4v) is 4.92. The molecule has 1 aliphatic heterocycles. The lowest BCUT2D eigenvalue weighted by Gasteiger charge is -2.37. The number of carbonyl (C=O) groups is 2. The molecule has 0 spiro atoms. The Kier molecular flexibility index (Phi) is 5.06. The van der Waals surface area contributed by atoms with Crippen LogP contribution in [0.25, 0.3) is 0 Å². The van der Waals surface area contributed by atoms with Gasteiger partial charge < -0.3 is 9.47 Å². The normalized spacial score (nSPS) is 26.5. The van der Waals surface area contributed by atoms with Crippen LogP contribution in [0, 0.1) is 23.7 Å². The van der Waals surface area contributed by atoms with Crippen molar-refractivity contribution in [2.24, 2.45) is 28.8 Å². The number of hydrazone groups is 1. The highest BCUT2D eigenvalue weighted by molar-refractivity contribution is 6.06. The summed E-state index contributed by atoms with van der Waals surface area (Å²) in [5.74, 6) is 0.634. The molecule has 2 bridgehead atoms. The van der Waals surface area contributed by atoms with Crippen molar-refractivity contribution in [3.05, 3.63) is 71.8 Å². The van der Waals surface area contributed by atoms with Crippen LogP contribution in [0.5, 0.6) is 11.5 Å². The molecule has 31 heavy (non-hydrogen) atoms. The summed E-state index contributed by atoms with van der Waals surface area (Å²) in [5, 5.41) is 5.33. The summed E-state index contributed by atoms with van der Waals surface area (Å²) in [6.45, 7) is 0.431. The van der Waals surface area contributed by atoms with E-state index in [9.17, 15) is 9.59 Å². The van der Waals surface area contributed by atoms with Crippen LogP contribution in [0.3, 0.4) is 0 Å². The molecule has 0 N–H and O–H groups in total. The van der Waals surface area contributed by atoms with Crippen LogP contribution in [-0.2, 0) is 16.2 Å². The lowest BCUT2D eigenvalue weighted by molar-refractivity contribution is -0.140. The molecule has 4 aliphatic rings.